The summed E-state index contributed by atoms with van der Waals surface area (Å²) in [7, 11) is 0. The Balaban J connectivity index is 2.42. The standard InChI is InChI=1S/C16H11BrClNO/c1-10-3-2-4-11(7-10)14(9-19)16(20)13-6-5-12(17)8-15(13)18/h2-8,14H,1H3. The molecule has 0 saturated heterocycles. The van der Waals surface area contributed by atoms with Crippen molar-refractivity contribution in [1.82, 2.24) is 0 Å². The number of hydrogen-bond donors (Lipinski definition) is 0. The molecule has 0 bridgehead atoms. The van der Waals surface area contributed by atoms with Crippen LogP contribution in [0, 0.1) is 18.3 Å². The number of rotatable bonds is 3. The lowest BCUT2D eigenvalue weighted by Gasteiger charge is -2.11. The summed E-state index contributed by atoms with van der Waals surface area (Å²) in [4.78, 5) is 12.5. The zero-order valence-corrected chi connectivity index (χ0v) is 13.1. The first-order valence-corrected chi connectivity index (χ1v) is 7.15. The van der Waals surface area contributed by atoms with Gasteiger partial charge in [0.2, 0.25) is 0 Å². The van der Waals surface area contributed by atoms with Gasteiger partial charge in [-0.1, -0.05) is 57.4 Å². The molecule has 20 heavy (non-hydrogen) atoms. The summed E-state index contributed by atoms with van der Waals surface area (Å²) in [6, 6.07) is 14.5. The van der Waals surface area contributed by atoms with Gasteiger partial charge in [-0.15, -0.1) is 0 Å². The summed E-state index contributed by atoms with van der Waals surface area (Å²) >= 11 is 9.38. The Kier molecular flexibility index (Phi) is 4.59. The van der Waals surface area contributed by atoms with E-state index in [0.717, 1.165) is 10.0 Å². The molecule has 0 aliphatic rings. The Bertz CT molecular complexity index is 706. The lowest BCUT2D eigenvalue weighted by Crippen LogP contribution is -2.12. The van der Waals surface area contributed by atoms with E-state index in [4.69, 9.17) is 11.6 Å². The van der Waals surface area contributed by atoms with E-state index in [2.05, 4.69) is 22.0 Å². The van der Waals surface area contributed by atoms with E-state index >= 15 is 0 Å². The van der Waals surface area contributed by atoms with Gasteiger partial charge in [-0.05, 0) is 30.7 Å². The molecule has 0 aliphatic heterocycles. The number of aryl methyl sites for hydroxylation is 1. The van der Waals surface area contributed by atoms with Crippen molar-refractivity contribution >= 4 is 33.3 Å². The number of carbonyl (C=O) groups is 1. The van der Waals surface area contributed by atoms with Crippen molar-refractivity contribution in [2.45, 2.75) is 12.8 Å². The lowest BCUT2D eigenvalue weighted by atomic mass is 9.91. The zero-order chi connectivity index (χ0) is 14.7. The summed E-state index contributed by atoms with van der Waals surface area (Å²) in [5.41, 5.74) is 2.07. The SMILES string of the molecule is Cc1cccc(C(C#N)C(=O)c2ccc(Br)cc2Cl)c1. The van der Waals surface area contributed by atoms with Crippen LogP contribution in [0.3, 0.4) is 0 Å². The molecule has 100 valence electrons. The van der Waals surface area contributed by atoms with Gasteiger partial charge in [0.25, 0.3) is 0 Å². The third kappa shape index (κ3) is 3.09. The highest BCUT2D eigenvalue weighted by molar-refractivity contribution is 9.10. The van der Waals surface area contributed by atoms with Crippen molar-refractivity contribution in [3.05, 3.63) is 68.7 Å². The quantitative estimate of drug-likeness (QED) is 0.740. The molecule has 0 aromatic heterocycles. The maximum Gasteiger partial charge on any atom is 0.185 e. The minimum Gasteiger partial charge on any atom is -0.292 e. The van der Waals surface area contributed by atoms with Gasteiger partial charge in [0, 0.05) is 10.0 Å². The van der Waals surface area contributed by atoms with Gasteiger partial charge >= 0.3 is 0 Å². The summed E-state index contributed by atoms with van der Waals surface area (Å²) < 4.78 is 0.795. The molecule has 1 atom stereocenters. The molecule has 2 rings (SSSR count). The third-order valence-electron chi connectivity index (χ3n) is 2.96. The van der Waals surface area contributed by atoms with Crippen molar-refractivity contribution in [2.24, 2.45) is 0 Å². The highest BCUT2D eigenvalue weighted by Crippen LogP contribution is 2.27. The van der Waals surface area contributed by atoms with Crippen LogP contribution >= 0.6 is 27.5 Å². The second kappa shape index (κ2) is 6.21. The topological polar surface area (TPSA) is 40.9 Å². The Morgan fingerprint density at radius 3 is 2.65 bits per heavy atom. The van der Waals surface area contributed by atoms with Crippen LogP contribution in [0.15, 0.2) is 46.9 Å². The summed E-state index contributed by atoms with van der Waals surface area (Å²) in [6.45, 7) is 1.93. The molecule has 2 aromatic carbocycles. The smallest absolute Gasteiger partial charge is 0.185 e. The largest absolute Gasteiger partial charge is 0.292 e. The number of hydrogen-bond acceptors (Lipinski definition) is 2. The predicted octanol–water partition coefficient (Wildman–Crippen LogP) is 4.90. The second-order valence-corrected chi connectivity index (χ2v) is 5.79. The van der Waals surface area contributed by atoms with Crippen molar-refractivity contribution in [3.63, 3.8) is 0 Å². The molecule has 2 nitrogen and oxygen atoms in total. The number of halogens is 2. The van der Waals surface area contributed by atoms with Crippen LogP contribution in [0.5, 0.6) is 0 Å². The number of benzene rings is 2. The van der Waals surface area contributed by atoms with Crippen LogP contribution in [0.2, 0.25) is 5.02 Å². The zero-order valence-electron chi connectivity index (χ0n) is 10.7. The third-order valence-corrected chi connectivity index (χ3v) is 3.77. The van der Waals surface area contributed by atoms with Crippen molar-refractivity contribution < 1.29 is 4.79 Å². The molecule has 0 fully saturated rings. The lowest BCUT2D eigenvalue weighted by molar-refractivity contribution is 0.0979. The Morgan fingerprint density at radius 1 is 1.30 bits per heavy atom. The van der Waals surface area contributed by atoms with Gasteiger partial charge in [0.15, 0.2) is 5.78 Å². The van der Waals surface area contributed by atoms with E-state index in [0.29, 0.717) is 16.1 Å². The molecular weight excluding hydrogens is 338 g/mol. The fourth-order valence-electron chi connectivity index (χ4n) is 1.98. The fourth-order valence-corrected chi connectivity index (χ4v) is 2.75. The number of nitriles is 1. The van der Waals surface area contributed by atoms with Gasteiger partial charge in [0.1, 0.15) is 5.92 Å². The number of carbonyl (C=O) groups excluding carboxylic acids is 1. The van der Waals surface area contributed by atoms with Crippen LogP contribution < -0.4 is 0 Å². The summed E-state index contributed by atoms with van der Waals surface area (Å²) in [6.07, 6.45) is 0. The van der Waals surface area contributed by atoms with E-state index < -0.39 is 5.92 Å². The second-order valence-electron chi connectivity index (χ2n) is 4.46. The van der Waals surface area contributed by atoms with Crippen molar-refractivity contribution in [2.75, 3.05) is 0 Å². The predicted molar refractivity (Wildman–Crippen MR) is 83.0 cm³/mol. The molecule has 0 heterocycles. The van der Waals surface area contributed by atoms with Crippen LogP contribution in [-0.4, -0.2) is 5.78 Å². The minimum atomic E-state index is -0.839. The number of Topliss-reactive ketones (excluding diaryl/α,β-unsaturated/α-hetero) is 1. The van der Waals surface area contributed by atoms with E-state index in [9.17, 15) is 10.1 Å². The first kappa shape index (κ1) is 14.8. The molecule has 0 aliphatic carbocycles. The normalized spacial score (nSPS) is 11.7. The van der Waals surface area contributed by atoms with E-state index in [-0.39, 0.29) is 5.78 Å². The van der Waals surface area contributed by atoms with E-state index in [1.54, 1.807) is 24.3 Å². The molecular formula is C16H11BrClNO. The maximum atomic E-state index is 12.5. The number of nitrogens with zero attached hydrogens (tertiary/aromatic N) is 1. The molecule has 4 heteroatoms. The van der Waals surface area contributed by atoms with Gasteiger partial charge in [-0.2, -0.15) is 5.26 Å². The van der Waals surface area contributed by atoms with Gasteiger partial charge in [0.05, 0.1) is 11.1 Å². The minimum absolute atomic E-state index is 0.282. The average Bonchev–Trinajstić information content (AvgIpc) is 2.39. The maximum absolute atomic E-state index is 12.5. The van der Waals surface area contributed by atoms with Gasteiger partial charge < -0.3 is 0 Å². The van der Waals surface area contributed by atoms with Crippen LogP contribution in [0.4, 0.5) is 0 Å². The molecule has 0 radical (unpaired) electrons. The molecule has 0 spiro atoms. The monoisotopic (exact) mass is 347 g/mol. The highest BCUT2D eigenvalue weighted by Gasteiger charge is 2.23. The average molecular weight is 349 g/mol. The first-order valence-electron chi connectivity index (χ1n) is 5.98. The van der Waals surface area contributed by atoms with Crippen molar-refractivity contribution in [1.29, 1.82) is 5.26 Å². The van der Waals surface area contributed by atoms with Crippen molar-refractivity contribution in [3.8, 4) is 6.07 Å². The number of ketones is 1. The van der Waals surface area contributed by atoms with Gasteiger partial charge in [-0.3, -0.25) is 4.79 Å². The van der Waals surface area contributed by atoms with E-state index in [1.165, 1.54) is 0 Å². The fraction of sp³-hybridized carbons (Fsp3) is 0.125. The van der Waals surface area contributed by atoms with Gasteiger partial charge in [-0.25, -0.2) is 0 Å². The molecule has 0 N–H and O–H groups in total. The Morgan fingerprint density at radius 2 is 2.05 bits per heavy atom. The summed E-state index contributed by atoms with van der Waals surface area (Å²) in [5.74, 6) is -1.12. The Labute approximate surface area is 131 Å². The molecule has 0 amide bonds. The van der Waals surface area contributed by atoms with Crippen LogP contribution in [0.25, 0.3) is 0 Å². The molecule has 1 unspecified atom stereocenters. The Hall–Kier alpha value is -1.63. The van der Waals surface area contributed by atoms with E-state index in [1.807, 2.05) is 25.1 Å². The first-order chi connectivity index (χ1) is 9.52. The highest BCUT2D eigenvalue weighted by atomic mass is 79.9. The molecule has 2 aromatic rings. The van der Waals surface area contributed by atoms with Crippen LogP contribution in [0.1, 0.15) is 27.4 Å². The summed E-state index contributed by atoms with van der Waals surface area (Å²) in [5, 5.41) is 9.67. The molecule has 0 saturated carbocycles. The van der Waals surface area contributed by atoms with Crippen LogP contribution in [-0.2, 0) is 0 Å².